The molecule has 0 aromatic carbocycles. The highest BCUT2D eigenvalue weighted by Gasteiger charge is 2.77. The Kier molecular flexibility index (Phi) is 8.78. The number of fused-ring (bicyclic) bond motifs is 1. The van der Waals surface area contributed by atoms with E-state index < -0.39 is 29.1 Å². The lowest BCUT2D eigenvalue weighted by Gasteiger charge is -2.33. The van der Waals surface area contributed by atoms with Crippen molar-refractivity contribution >= 4 is 17.7 Å². The molecule has 3 heterocycles. The van der Waals surface area contributed by atoms with Gasteiger partial charge in [-0.1, -0.05) is 39.5 Å². The van der Waals surface area contributed by atoms with Crippen LogP contribution in [0.25, 0.3) is 0 Å². The Morgan fingerprint density at radius 1 is 1.00 bits per heavy atom. The van der Waals surface area contributed by atoms with Crippen molar-refractivity contribution < 1.29 is 24.2 Å². The smallest absolute Gasteiger partial charge is 0.245 e. The lowest BCUT2D eigenvalue weighted by molar-refractivity contribution is -0.146. The summed E-state index contributed by atoms with van der Waals surface area (Å²) in [5.41, 5.74) is -1.65. The zero-order valence-corrected chi connectivity index (χ0v) is 20.7. The Hall–Kier alpha value is -1.67. The van der Waals surface area contributed by atoms with Crippen LogP contribution in [0.5, 0.6) is 0 Å². The Morgan fingerprint density at radius 3 is 2.42 bits per heavy atom. The number of hydrogen-bond acceptors (Lipinski definition) is 5. The molecule has 0 aliphatic carbocycles. The third-order valence-corrected chi connectivity index (χ3v) is 7.74. The van der Waals surface area contributed by atoms with Crippen molar-refractivity contribution in [3.8, 4) is 0 Å². The number of likely N-dealkylation sites (tertiary alicyclic amines) is 1. The molecule has 33 heavy (non-hydrogen) atoms. The summed E-state index contributed by atoms with van der Waals surface area (Å²) < 4.78 is 6.57. The fourth-order valence-corrected chi connectivity index (χ4v) is 6.16. The lowest BCUT2D eigenvalue weighted by Crippen LogP contribution is -2.55. The van der Waals surface area contributed by atoms with Gasteiger partial charge in [0.2, 0.25) is 17.7 Å². The second-order valence-corrected chi connectivity index (χ2v) is 10.2. The molecule has 3 saturated heterocycles. The Morgan fingerprint density at radius 2 is 1.73 bits per heavy atom. The minimum absolute atomic E-state index is 0.120. The summed E-state index contributed by atoms with van der Waals surface area (Å²) in [5, 5.41) is 15.1. The SMILES string of the molecule is CCCCCNC(=O)C1N(CCCCCCO)C(=O)[C@@H]2[C@H](C(=O)NCCC)[C@]3(C)CCC12O3. The van der Waals surface area contributed by atoms with Crippen molar-refractivity contribution in [3.05, 3.63) is 0 Å². The van der Waals surface area contributed by atoms with Crippen LogP contribution in [0.15, 0.2) is 0 Å². The fourth-order valence-electron chi connectivity index (χ4n) is 6.16. The molecule has 8 heteroatoms. The molecule has 0 aromatic rings. The minimum atomic E-state index is -0.931. The number of hydrogen-bond donors (Lipinski definition) is 3. The largest absolute Gasteiger partial charge is 0.396 e. The molecule has 3 rings (SSSR count). The topological polar surface area (TPSA) is 108 Å². The molecule has 3 fully saturated rings. The number of aliphatic hydroxyl groups excluding tert-OH is 1. The average molecular weight is 466 g/mol. The van der Waals surface area contributed by atoms with Crippen LogP contribution in [0.3, 0.4) is 0 Å². The second kappa shape index (κ2) is 11.2. The second-order valence-electron chi connectivity index (χ2n) is 10.2. The van der Waals surface area contributed by atoms with Gasteiger partial charge < -0.3 is 25.4 Å². The first-order valence-electron chi connectivity index (χ1n) is 13.0. The minimum Gasteiger partial charge on any atom is -0.396 e. The molecular formula is C25H43N3O5. The van der Waals surface area contributed by atoms with Crippen molar-refractivity contribution in [1.82, 2.24) is 15.5 Å². The van der Waals surface area contributed by atoms with E-state index in [4.69, 9.17) is 9.84 Å². The highest BCUT2D eigenvalue weighted by Crippen LogP contribution is 2.63. The summed E-state index contributed by atoms with van der Waals surface area (Å²) in [7, 11) is 0. The van der Waals surface area contributed by atoms with E-state index in [0.29, 0.717) is 32.5 Å². The van der Waals surface area contributed by atoms with Crippen LogP contribution in [0.4, 0.5) is 0 Å². The van der Waals surface area contributed by atoms with E-state index in [1.807, 2.05) is 13.8 Å². The molecule has 3 aliphatic rings. The van der Waals surface area contributed by atoms with Gasteiger partial charge in [-0.3, -0.25) is 14.4 Å². The fraction of sp³-hybridized carbons (Fsp3) is 0.880. The van der Waals surface area contributed by atoms with Gasteiger partial charge in [0.05, 0.1) is 17.4 Å². The van der Waals surface area contributed by atoms with E-state index in [2.05, 4.69) is 17.6 Å². The maximum absolute atomic E-state index is 13.8. The van der Waals surface area contributed by atoms with Crippen molar-refractivity contribution in [2.24, 2.45) is 11.8 Å². The van der Waals surface area contributed by atoms with Crippen LogP contribution in [-0.4, -0.2) is 71.2 Å². The Bertz CT molecular complexity index is 716. The van der Waals surface area contributed by atoms with E-state index in [1.54, 1.807) is 4.90 Å². The molecule has 3 N–H and O–H groups in total. The number of carbonyl (C=O) groups excluding carboxylic acids is 3. The van der Waals surface area contributed by atoms with Gasteiger partial charge in [-0.05, 0) is 45.4 Å². The molecule has 8 nitrogen and oxygen atoms in total. The van der Waals surface area contributed by atoms with Crippen LogP contribution < -0.4 is 10.6 Å². The Balaban J connectivity index is 1.83. The molecule has 1 spiro atoms. The van der Waals surface area contributed by atoms with Gasteiger partial charge in [-0.25, -0.2) is 0 Å². The molecule has 0 aromatic heterocycles. The number of nitrogens with one attached hydrogen (secondary N) is 2. The first-order chi connectivity index (χ1) is 15.9. The number of amides is 3. The highest BCUT2D eigenvalue weighted by atomic mass is 16.5. The number of nitrogens with zero attached hydrogens (tertiary/aromatic N) is 1. The van der Waals surface area contributed by atoms with Crippen LogP contribution in [0.1, 0.15) is 85.0 Å². The summed E-state index contributed by atoms with van der Waals surface area (Å²) in [5.74, 6) is -1.59. The molecular weight excluding hydrogens is 422 g/mol. The molecule has 2 bridgehead atoms. The molecule has 2 unspecified atom stereocenters. The molecule has 5 atom stereocenters. The predicted octanol–water partition coefficient (Wildman–Crippen LogP) is 2.14. The summed E-state index contributed by atoms with van der Waals surface area (Å²) in [4.78, 5) is 42.1. The summed E-state index contributed by atoms with van der Waals surface area (Å²) in [6.07, 6.45) is 8.39. The molecule has 0 radical (unpaired) electrons. The number of ether oxygens (including phenoxy) is 1. The van der Waals surface area contributed by atoms with Gasteiger partial charge in [-0.15, -0.1) is 0 Å². The molecule has 3 amide bonds. The highest BCUT2D eigenvalue weighted by molar-refractivity contribution is 5.99. The van der Waals surface area contributed by atoms with Crippen molar-refractivity contribution in [2.75, 3.05) is 26.2 Å². The standard InChI is InChI=1S/C25H43N3O5/c1-4-6-9-15-27-22(31)20-25-13-12-24(3,33-25)18(21(30)26-14-5-2)19(25)23(32)28(20)16-10-7-8-11-17-29/h18-20,29H,4-17H2,1-3H3,(H,26,30)(H,27,31)/t18-,19+,20?,24+,25?/m1/s1. The first-order valence-corrected chi connectivity index (χ1v) is 13.0. The average Bonchev–Trinajstić information content (AvgIpc) is 3.36. The predicted molar refractivity (Wildman–Crippen MR) is 125 cm³/mol. The zero-order chi connectivity index (χ0) is 24.1. The summed E-state index contributed by atoms with van der Waals surface area (Å²) in [6.45, 7) is 7.83. The quantitative estimate of drug-likeness (QED) is 0.341. The summed E-state index contributed by atoms with van der Waals surface area (Å²) in [6, 6.07) is -0.694. The van der Waals surface area contributed by atoms with Gasteiger partial charge in [-0.2, -0.15) is 0 Å². The number of rotatable bonds is 14. The van der Waals surface area contributed by atoms with Gasteiger partial charge in [0, 0.05) is 26.2 Å². The Labute approximate surface area is 198 Å². The van der Waals surface area contributed by atoms with Crippen molar-refractivity contribution in [1.29, 1.82) is 0 Å². The maximum Gasteiger partial charge on any atom is 0.245 e. The van der Waals surface area contributed by atoms with Crippen molar-refractivity contribution in [2.45, 2.75) is 102 Å². The van der Waals surface area contributed by atoms with E-state index in [9.17, 15) is 14.4 Å². The number of carbonyl (C=O) groups is 3. The first kappa shape index (κ1) is 25.9. The van der Waals surface area contributed by atoms with Crippen LogP contribution >= 0.6 is 0 Å². The molecule has 3 aliphatic heterocycles. The van der Waals surface area contributed by atoms with Crippen LogP contribution in [0, 0.1) is 11.8 Å². The van der Waals surface area contributed by atoms with Gasteiger partial charge in [0.1, 0.15) is 11.6 Å². The number of aliphatic hydroxyl groups is 1. The van der Waals surface area contributed by atoms with Gasteiger partial charge >= 0.3 is 0 Å². The van der Waals surface area contributed by atoms with E-state index >= 15 is 0 Å². The zero-order valence-electron chi connectivity index (χ0n) is 20.7. The third-order valence-electron chi connectivity index (χ3n) is 7.74. The maximum atomic E-state index is 13.8. The number of unbranched alkanes of at least 4 members (excludes halogenated alkanes) is 5. The van der Waals surface area contributed by atoms with E-state index in [-0.39, 0.29) is 24.3 Å². The van der Waals surface area contributed by atoms with Crippen LogP contribution in [0.2, 0.25) is 0 Å². The van der Waals surface area contributed by atoms with Crippen LogP contribution in [-0.2, 0) is 19.1 Å². The molecule has 0 saturated carbocycles. The van der Waals surface area contributed by atoms with E-state index in [0.717, 1.165) is 51.4 Å². The normalized spacial score (nSPS) is 32.3. The third kappa shape index (κ3) is 4.92. The van der Waals surface area contributed by atoms with E-state index in [1.165, 1.54) is 0 Å². The van der Waals surface area contributed by atoms with Gasteiger partial charge in [0.25, 0.3) is 0 Å². The summed E-state index contributed by atoms with van der Waals surface area (Å²) >= 11 is 0. The lowest BCUT2D eigenvalue weighted by atomic mass is 9.66. The monoisotopic (exact) mass is 465 g/mol. The van der Waals surface area contributed by atoms with Gasteiger partial charge in [0.15, 0.2) is 0 Å². The molecule has 188 valence electrons. The van der Waals surface area contributed by atoms with Crippen molar-refractivity contribution in [3.63, 3.8) is 0 Å².